The summed E-state index contributed by atoms with van der Waals surface area (Å²) in [6, 6.07) is 76.1. The average molecular weight is 826 g/mol. The third-order valence-electron chi connectivity index (χ3n) is 12.6. The summed E-state index contributed by atoms with van der Waals surface area (Å²) in [6.45, 7) is 0. The quantitative estimate of drug-likeness (QED) is 0.127. The second kappa shape index (κ2) is 13.1. The van der Waals surface area contributed by atoms with Gasteiger partial charge in [-0.25, -0.2) is 0 Å². The molecule has 2 aromatic heterocycles. The zero-order valence-electron chi connectivity index (χ0n) is 32.4. The minimum absolute atomic E-state index is 0.102. The molecule has 11 aromatic carbocycles. The van der Waals surface area contributed by atoms with Gasteiger partial charge in [-0.3, -0.25) is 0 Å². The molecule has 2 heterocycles. The molecule has 2 heteroatoms. The third kappa shape index (κ3) is 4.93. The summed E-state index contributed by atoms with van der Waals surface area (Å²) in [4.78, 5) is 0. The molecule has 0 radical (unpaired) electrons. The molecule has 13 rings (SSSR count). The van der Waals surface area contributed by atoms with Gasteiger partial charge in [0.25, 0.3) is 0 Å². The van der Waals surface area contributed by atoms with Gasteiger partial charge in [0.2, 0.25) is 0 Å². The molecule has 0 bridgehead atoms. The van der Waals surface area contributed by atoms with E-state index in [0.717, 1.165) is 27.5 Å². The fourth-order valence-corrected chi connectivity index (χ4v) is 12.8. The van der Waals surface area contributed by atoms with E-state index in [9.17, 15) is 0 Å². The molecule has 60 heavy (non-hydrogen) atoms. The van der Waals surface area contributed by atoms with Crippen LogP contribution in [-0.4, -0.2) is 14.5 Å². The number of benzene rings is 11. The van der Waals surface area contributed by atoms with Crippen molar-refractivity contribution in [1.82, 2.24) is 0 Å². The number of hydrogen-bond donors (Lipinski definition) is 0. The molecule has 0 fully saturated rings. The predicted octanol–water partition coefficient (Wildman–Crippen LogP) is 16.2. The number of rotatable bonds is 4. The van der Waals surface area contributed by atoms with Crippen LogP contribution >= 0.6 is 0 Å². The van der Waals surface area contributed by atoms with Crippen molar-refractivity contribution in [2.75, 3.05) is 0 Å². The Bertz CT molecular complexity index is 3770. The molecule has 0 saturated heterocycles. The van der Waals surface area contributed by atoms with Crippen LogP contribution in [0.2, 0.25) is 0 Å². The summed E-state index contributed by atoms with van der Waals surface area (Å²) in [5, 5.41) is 15.2. The van der Waals surface area contributed by atoms with Crippen molar-refractivity contribution in [3.05, 3.63) is 206 Å². The van der Waals surface area contributed by atoms with E-state index in [4.69, 9.17) is 4.42 Å². The Morgan fingerprint density at radius 2 is 0.700 bits per heavy atom. The van der Waals surface area contributed by atoms with E-state index < -0.39 is 0 Å². The van der Waals surface area contributed by atoms with Crippen molar-refractivity contribution in [3.63, 3.8) is 0 Å². The fraction of sp³-hybridized carbons (Fsp3) is 0. The molecule has 0 aliphatic heterocycles. The van der Waals surface area contributed by atoms with Gasteiger partial charge in [0.1, 0.15) is 0 Å². The van der Waals surface area contributed by atoms with E-state index in [1.807, 2.05) is 6.07 Å². The summed E-state index contributed by atoms with van der Waals surface area (Å²) < 4.78 is 9.30. The normalized spacial score (nSPS) is 12.0. The van der Waals surface area contributed by atoms with E-state index in [1.165, 1.54) is 101 Å². The number of hydrogen-bond acceptors (Lipinski definition) is 1. The molecule has 0 aliphatic rings. The topological polar surface area (TPSA) is 13.1 Å². The Hall–Kier alpha value is -7.22. The van der Waals surface area contributed by atoms with Crippen molar-refractivity contribution in [1.29, 1.82) is 0 Å². The zero-order valence-corrected chi connectivity index (χ0v) is 34.2. The Labute approximate surface area is 352 Å². The molecule has 13 aromatic rings. The molecule has 0 atom stereocenters. The van der Waals surface area contributed by atoms with Crippen LogP contribution in [0.3, 0.4) is 0 Å². The van der Waals surface area contributed by atoms with Gasteiger partial charge in [0.15, 0.2) is 0 Å². The summed E-state index contributed by atoms with van der Waals surface area (Å²) in [5.74, 6) is 0. The van der Waals surface area contributed by atoms with Gasteiger partial charge < -0.3 is 0 Å². The maximum atomic E-state index is 6.40. The van der Waals surface area contributed by atoms with E-state index in [0.29, 0.717) is 0 Å². The van der Waals surface area contributed by atoms with Crippen LogP contribution in [0.15, 0.2) is 211 Å². The van der Waals surface area contributed by atoms with Crippen LogP contribution in [0.4, 0.5) is 0 Å². The molecular weight excluding hydrogens is 792 g/mol. The second-order valence-corrected chi connectivity index (χ2v) is 18.1. The Kier molecular flexibility index (Phi) is 7.39. The number of fused-ring (bicyclic) bond motifs is 10. The first-order valence-electron chi connectivity index (χ1n) is 20.6. The molecule has 0 saturated carbocycles. The third-order valence-corrected chi connectivity index (χ3v) is 15.2. The number of furan rings is 1. The molecular formula is C58H34OSe. The van der Waals surface area contributed by atoms with Gasteiger partial charge >= 0.3 is 330 Å². The Morgan fingerprint density at radius 3 is 1.28 bits per heavy atom. The van der Waals surface area contributed by atoms with Crippen molar-refractivity contribution in [2.24, 2.45) is 0 Å². The summed E-state index contributed by atoms with van der Waals surface area (Å²) in [5.41, 5.74) is 12.0. The average Bonchev–Trinajstić information content (AvgIpc) is 3.88. The van der Waals surface area contributed by atoms with Gasteiger partial charge in [-0.2, -0.15) is 0 Å². The molecule has 0 unspecified atom stereocenters. The van der Waals surface area contributed by atoms with Gasteiger partial charge in [-0.1, -0.05) is 18.2 Å². The summed E-state index contributed by atoms with van der Waals surface area (Å²) >= 11 is 0.102. The van der Waals surface area contributed by atoms with Crippen LogP contribution < -0.4 is 0 Å². The van der Waals surface area contributed by atoms with Gasteiger partial charge in [0.05, 0.1) is 0 Å². The van der Waals surface area contributed by atoms with Crippen molar-refractivity contribution in [2.45, 2.75) is 0 Å². The number of para-hydroxylation sites is 1. The van der Waals surface area contributed by atoms with Crippen LogP contribution in [0, 0.1) is 0 Å². The SMILES string of the molecule is c1ccc(-c2c3ccccc3c(-c3cccc4c3[se]c3cc(-c5c6ccccc6c(-c6ccc7c(c6)oc6ccccc67)c6ccccc56)ccc34)c3ccccc23)cc1. The molecule has 1 nitrogen and oxygen atoms in total. The molecule has 0 N–H and O–H groups in total. The fourth-order valence-electron chi connectivity index (χ4n) is 10.1. The first kappa shape index (κ1) is 33.7. The van der Waals surface area contributed by atoms with Crippen molar-refractivity contribution < 1.29 is 4.42 Å². The molecule has 0 amide bonds. The molecule has 0 spiro atoms. The van der Waals surface area contributed by atoms with Crippen molar-refractivity contribution >= 4 is 98.8 Å². The van der Waals surface area contributed by atoms with Gasteiger partial charge in [0, 0.05) is 0 Å². The maximum absolute atomic E-state index is 6.40. The van der Waals surface area contributed by atoms with Crippen LogP contribution in [0.1, 0.15) is 0 Å². The van der Waals surface area contributed by atoms with Gasteiger partial charge in [-0.15, -0.1) is 0 Å². The first-order valence-corrected chi connectivity index (χ1v) is 22.3. The standard InChI is InChI=1S/C58H34OSe/c1-2-15-35(16-3-1)54-45-22-8-10-24-47(45)57(48-25-11-9-23-46(48)54)50-27-14-26-49-40-32-30-37(34-53(40)60-58(49)50)56-43-20-6-4-18-41(43)55(42-19-5-7-21-44(42)56)36-29-31-39-38-17-12-13-28-51(38)59-52(39)33-36/h1-34H. The Balaban J connectivity index is 1.03. The Morgan fingerprint density at radius 1 is 0.267 bits per heavy atom. The van der Waals surface area contributed by atoms with E-state index in [1.54, 1.807) is 0 Å². The molecule has 0 aliphatic carbocycles. The first-order chi connectivity index (χ1) is 29.8. The van der Waals surface area contributed by atoms with Gasteiger partial charge in [-0.05, 0) is 6.07 Å². The van der Waals surface area contributed by atoms with Crippen LogP contribution in [-0.2, 0) is 0 Å². The van der Waals surface area contributed by atoms with Crippen LogP contribution in [0.5, 0.6) is 0 Å². The zero-order chi connectivity index (χ0) is 39.3. The van der Waals surface area contributed by atoms with E-state index in [2.05, 4.69) is 200 Å². The summed E-state index contributed by atoms with van der Waals surface area (Å²) in [7, 11) is 0. The van der Waals surface area contributed by atoms with Crippen LogP contribution in [0.25, 0.3) is 129 Å². The second-order valence-electron chi connectivity index (χ2n) is 15.9. The van der Waals surface area contributed by atoms with Crippen molar-refractivity contribution in [3.8, 4) is 44.5 Å². The monoisotopic (exact) mass is 826 g/mol. The molecule has 278 valence electrons. The van der Waals surface area contributed by atoms with E-state index in [-0.39, 0.29) is 14.5 Å². The van der Waals surface area contributed by atoms with E-state index >= 15 is 0 Å². The minimum atomic E-state index is 0.102. The summed E-state index contributed by atoms with van der Waals surface area (Å²) in [6.07, 6.45) is 0. The predicted molar refractivity (Wildman–Crippen MR) is 257 cm³/mol.